The van der Waals surface area contributed by atoms with Gasteiger partial charge in [0.1, 0.15) is 24.4 Å². The fourth-order valence-electron chi connectivity index (χ4n) is 3.17. The number of fused-ring (bicyclic) bond motifs is 1. The first-order valence-electron chi connectivity index (χ1n) is 10.1. The summed E-state index contributed by atoms with van der Waals surface area (Å²) in [5.41, 5.74) is 2.55. The molecule has 4 heterocycles. The molecular weight excluding hydrogens is 415 g/mol. The summed E-state index contributed by atoms with van der Waals surface area (Å²) in [6.45, 7) is 3.21. The molecule has 4 aromatic heterocycles. The molecule has 0 saturated carbocycles. The monoisotopic (exact) mass is 438 g/mol. The molecule has 0 aliphatic carbocycles. The molecule has 0 unspecified atom stereocenters. The van der Waals surface area contributed by atoms with Gasteiger partial charge in [-0.05, 0) is 24.6 Å². The van der Waals surface area contributed by atoms with E-state index in [-0.39, 0.29) is 0 Å². The Morgan fingerprint density at radius 3 is 2.69 bits per heavy atom. The van der Waals surface area contributed by atoms with Gasteiger partial charge in [0, 0.05) is 31.4 Å². The van der Waals surface area contributed by atoms with E-state index in [9.17, 15) is 4.39 Å². The molecule has 0 radical (unpaired) electrons. The van der Waals surface area contributed by atoms with Crippen LogP contribution in [0.4, 0.5) is 15.9 Å². The van der Waals surface area contributed by atoms with Gasteiger partial charge in [-0.15, -0.1) is 0 Å². The smallest absolute Gasteiger partial charge is 0.226 e. The van der Waals surface area contributed by atoms with E-state index in [1.54, 1.807) is 43.8 Å². The lowest BCUT2D eigenvalue weighted by molar-refractivity contribution is 0.144. The van der Waals surface area contributed by atoms with Gasteiger partial charge in [-0.1, -0.05) is 6.07 Å². The van der Waals surface area contributed by atoms with Crippen LogP contribution in [0.2, 0.25) is 0 Å². The molecular formula is C22H23FN6O3. The number of hydrogen-bond donors (Lipinski definition) is 2. The summed E-state index contributed by atoms with van der Waals surface area (Å²) in [5.74, 6) is 0.767. The van der Waals surface area contributed by atoms with Gasteiger partial charge in [0.2, 0.25) is 17.7 Å². The molecule has 166 valence electrons. The zero-order valence-corrected chi connectivity index (χ0v) is 17.8. The van der Waals surface area contributed by atoms with E-state index < -0.39 is 5.95 Å². The molecule has 10 heteroatoms. The van der Waals surface area contributed by atoms with Gasteiger partial charge in [0.05, 0.1) is 30.5 Å². The molecule has 9 nitrogen and oxygen atoms in total. The number of H-pyrrole nitrogens is 1. The summed E-state index contributed by atoms with van der Waals surface area (Å²) in [7, 11) is 1.60. The first kappa shape index (κ1) is 21.4. The number of hydrogen-bond acceptors (Lipinski definition) is 8. The third-order valence-corrected chi connectivity index (χ3v) is 4.65. The molecule has 0 aliphatic heterocycles. The number of pyridine rings is 2. The lowest BCUT2D eigenvalue weighted by Gasteiger charge is -2.09. The lowest BCUT2D eigenvalue weighted by Crippen LogP contribution is -2.06. The Morgan fingerprint density at radius 1 is 1.03 bits per heavy atom. The highest BCUT2D eigenvalue weighted by Gasteiger charge is 2.15. The van der Waals surface area contributed by atoms with Gasteiger partial charge in [-0.3, -0.25) is 0 Å². The molecule has 4 aromatic rings. The van der Waals surface area contributed by atoms with E-state index in [0.717, 1.165) is 5.56 Å². The Labute approximate surface area is 184 Å². The number of ether oxygens (including phenoxy) is 3. The van der Waals surface area contributed by atoms with Crippen LogP contribution in [-0.2, 0) is 11.2 Å². The number of halogens is 1. The first-order valence-corrected chi connectivity index (χ1v) is 10.1. The number of anilines is 2. The quantitative estimate of drug-likeness (QED) is 0.285. The molecule has 32 heavy (non-hydrogen) atoms. The van der Waals surface area contributed by atoms with Crippen molar-refractivity contribution in [2.45, 2.75) is 13.3 Å². The Balaban J connectivity index is 1.51. The highest BCUT2D eigenvalue weighted by molar-refractivity contribution is 5.85. The highest BCUT2D eigenvalue weighted by Crippen LogP contribution is 2.28. The maximum Gasteiger partial charge on any atom is 0.226 e. The fourth-order valence-corrected chi connectivity index (χ4v) is 3.17. The van der Waals surface area contributed by atoms with Crippen molar-refractivity contribution in [3.8, 4) is 11.8 Å². The second-order valence-corrected chi connectivity index (χ2v) is 6.82. The predicted octanol–water partition coefficient (Wildman–Crippen LogP) is 3.65. The third kappa shape index (κ3) is 4.92. The summed E-state index contributed by atoms with van der Waals surface area (Å²) in [4.78, 5) is 19.7. The summed E-state index contributed by atoms with van der Waals surface area (Å²) in [5, 5.41) is 3.75. The van der Waals surface area contributed by atoms with E-state index >= 15 is 0 Å². The number of methoxy groups -OCH3 is 1. The summed E-state index contributed by atoms with van der Waals surface area (Å²) in [6, 6.07) is 6.95. The topological polar surface area (TPSA) is 107 Å². The van der Waals surface area contributed by atoms with Crippen LogP contribution in [0.5, 0.6) is 11.8 Å². The maximum absolute atomic E-state index is 14.8. The van der Waals surface area contributed by atoms with Crippen LogP contribution in [-0.4, -0.2) is 51.9 Å². The van der Waals surface area contributed by atoms with Gasteiger partial charge >= 0.3 is 0 Å². The molecule has 0 bridgehead atoms. The van der Waals surface area contributed by atoms with Crippen LogP contribution in [0, 0.1) is 5.95 Å². The van der Waals surface area contributed by atoms with Crippen molar-refractivity contribution in [3.05, 3.63) is 60.1 Å². The standard InChI is InChI=1S/C22H23FN6O3/c1-3-31-18-7-5-16(12-24-18)28-17-6-4-14(20(23)29-17)10-15-11-25-21-19(15)22(27-13-26-21)32-9-8-30-2/h4-7,11-13H,3,8-10H2,1-2H3,(H,28,29)(H,25,26,27). The van der Waals surface area contributed by atoms with Crippen LogP contribution < -0.4 is 14.8 Å². The van der Waals surface area contributed by atoms with Crippen LogP contribution >= 0.6 is 0 Å². The van der Waals surface area contributed by atoms with Crippen LogP contribution in [0.15, 0.2) is 43.0 Å². The second-order valence-electron chi connectivity index (χ2n) is 6.82. The van der Waals surface area contributed by atoms with E-state index in [4.69, 9.17) is 14.2 Å². The molecule has 0 atom stereocenters. The molecule has 0 aromatic carbocycles. The minimum atomic E-state index is -0.568. The minimum absolute atomic E-state index is 0.303. The number of nitrogens with zero attached hydrogens (tertiary/aromatic N) is 4. The lowest BCUT2D eigenvalue weighted by atomic mass is 10.1. The zero-order chi connectivity index (χ0) is 22.3. The number of rotatable bonds is 10. The van der Waals surface area contributed by atoms with Crippen LogP contribution in [0.25, 0.3) is 11.0 Å². The molecule has 0 spiro atoms. The largest absolute Gasteiger partial charge is 0.478 e. The minimum Gasteiger partial charge on any atom is -0.478 e. The Hall–Kier alpha value is -3.79. The van der Waals surface area contributed by atoms with Crippen molar-refractivity contribution in [2.24, 2.45) is 0 Å². The number of aromatic nitrogens is 5. The molecule has 0 saturated heterocycles. The fraction of sp³-hybridized carbons (Fsp3) is 0.273. The van der Waals surface area contributed by atoms with Crippen molar-refractivity contribution in [1.82, 2.24) is 24.9 Å². The SMILES string of the molecule is CCOc1ccc(Nc2ccc(Cc3c[nH]c4ncnc(OCCOC)c34)c(F)n2)cn1. The number of aromatic amines is 1. The van der Waals surface area contributed by atoms with E-state index in [1.807, 2.05) is 6.92 Å². The first-order chi connectivity index (χ1) is 15.7. The van der Waals surface area contributed by atoms with E-state index in [1.165, 1.54) is 6.33 Å². The Kier molecular flexibility index (Phi) is 6.71. The second kappa shape index (κ2) is 10.0. The average molecular weight is 438 g/mol. The van der Waals surface area contributed by atoms with Gasteiger partial charge in [-0.25, -0.2) is 19.9 Å². The van der Waals surface area contributed by atoms with E-state index in [2.05, 4.69) is 30.2 Å². The van der Waals surface area contributed by atoms with Crippen molar-refractivity contribution in [3.63, 3.8) is 0 Å². The van der Waals surface area contributed by atoms with Crippen LogP contribution in [0.3, 0.4) is 0 Å². The van der Waals surface area contributed by atoms with Gasteiger partial charge in [0.15, 0.2) is 0 Å². The van der Waals surface area contributed by atoms with Gasteiger partial charge in [0.25, 0.3) is 0 Å². The molecule has 4 rings (SSSR count). The highest BCUT2D eigenvalue weighted by atomic mass is 19.1. The number of nitrogens with one attached hydrogen (secondary N) is 2. The third-order valence-electron chi connectivity index (χ3n) is 4.65. The predicted molar refractivity (Wildman–Crippen MR) is 117 cm³/mol. The molecule has 2 N–H and O–H groups in total. The maximum atomic E-state index is 14.8. The van der Waals surface area contributed by atoms with Gasteiger partial charge in [-0.2, -0.15) is 4.39 Å². The normalized spacial score (nSPS) is 11.0. The zero-order valence-electron chi connectivity index (χ0n) is 17.8. The van der Waals surface area contributed by atoms with Crippen molar-refractivity contribution >= 4 is 22.5 Å². The van der Waals surface area contributed by atoms with Crippen molar-refractivity contribution < 1.29 is 18.6 Å². The summed E-state index contributed by atoms with van der Waals surface area (Å²) < 4.78 is 30.8. The van der Waals surface area contributed by atoms with Crippen LogP contribution in [0.1, 0.15) is 18.1 Å². The average Bonchev–Trinajstić information content (AvgIpc) is 3.21. The Bertz CT molecular complexity index is 1180. The van der Waals surface area contributed by atoms with Gasteiger partial charge < -0.3 is 24.5 Å². The summed E-state index contributed by atoms with van der Waals surface area (Å²) in [6.07, 6.45) is 5.11. The van der Waals surface area contributed by atoms with E-state index in [0.29, 0.717) is 66.1 Å². The molecule has 0 aliphatic rings. The Morgan fingerprint density at radius 2 is 1.94 bits per heavy atom. The van der Waals surface area contributed by atoms with Crippen molar-refractivity contribution in [1.29, 1.82) is 0 Å². The molecule has 0 fully saturated rings. The van der Waals surface area contributed by atoms with Crippen molar-refractivity contribution in [2.75, 3.05) is 32.2 Å². The summed E-state index contributed by atoms with van der Waals surface area (Å²) >= 11 is 0. The molecule has 0 amide bonds.